The van der Waals surface area contributed by atoms with Crippen molar-refractivity contribution in [1.29, 1.82) is 0 Å². The molecule has 0 unspecified atom stereocenters. The van der Waals surface area contributed by atoms with Crippen molar-refractivity contribution < 1.29 is 14.3 Å². The summed E-state index contributed by atoms with van der Waals surface area (Å²) in [5.41, 5.74) is 0. The van der Waals surface area contributed by atoms with Gasteiger partial charge in [-0.15, -0.1) is 0 Å². The van der Waals surface area contributed by atoms with Gasteiger partial charge in [-0.05, 0) is 6.42 Å². The summed E-state index contributed by atoms with van der Waals surface area (Å²) in [7, 11) is 0. The molecule has 0 amide bonds. The molecule has 0 saturated heterocycles. The molecule has 0 aromatic heterocycles. The average Bonchev–Trinajstić information content (AvgIpc) is 2.08. The van der Waals surface area contributed by atoms with Gasteiger partial charge in [-0.2, -0.15) is 0 Å². The van der Waals surface area contributed by atoms with Crippen LogP contribution in [0.25, 0.3) is 0 Å². The lowest BCUT2D eigenvalue weighted by molar-refractivity contribution is 0.0555. The van der Waals surface area contributed by atoms with Crippen molar-refractivity contribution in [2.24, 2.45) is 0 Å². The van der Waals surface area contributed by atoms with Gasteiger partial charge in [0.2, 0.25) is 3.79 Å². The van der Waals surface area contributed by atoms with Gasteiger partial charge in [0.1, 0.15) is 6.61 Å². The minimum absolute atomic E-state index is 0.301. The third-order valence-electron chi connectivity index (χ3n) is 1.32. The number of rotatable bonds is 5. The topological polar surface area (TPSA) is 35.5 Å². The van der Waals surface area contributed by atoms with Crippen molar-refractivity contribution in [2.45, 2.75) is 30.0 Å². The van der Waals surface area contributed by atoms with E-state index in [1.165, 1.54) is 0 Å². The molecule has 0 aromatic carbocycles. The van der Waals surface area contributed by atoms with Gasteiger partial charge >= 0.3 is 6.16 Å². The number of ether oxygens (including phenoxy) is 2. The highest BCUT2D eigenvalue weighted by Crippen LogP contribution is 2.25. The fourth-order valence-electron chi connectivity index (χ4n) is 0.690. The Hall–Kier alpha value is 0.140. The van der Waals surface area contributed by atoms with E-state index >= 15 is 0 Å². The van der Waals surface area contributed by atoms with Gasteiger partial charge in [0.15, 0.2) is 0 Å². The highest BCUT2D eigenvalue weighted by molar-refractivity contribution is 6.67. The molecular weight excluding hydrogens is 250 g/mol. The van der Waals surface area contributed by atoms with Crippen molar-refractivity contribution in [1.82, 2.24) is 0 Å². The molecule has 0 aliphatic rings. The summed E-state index contributed by atoms with van der Waals surface area (Å²) in [5.74, 6) is 0. The van der Waals surface area contributed by atoms with Crippen LogP contribution in [0.3, 0.4) is 0 Å². The Morgan fingerprint density at radius 1 is 1.21 bits per heavy atom. The summed E-state index contributed by atoms with van der Waals surface area (Å²) in [6.45, 7) is 2.10. The normalized spacial score (nSPS) is 11.1. The first-order valence-electron chi connectivity index (χ1n) is 4.32. The predicted molar refractivity (Wildman–Crippen MR) is 57.1 cm³/mol. The van der Waals surface area contributed by atoms with E-state index in [1.54, 1.807) is 0 Å². The third kappa shape index (κ3) is 10.2. The van der Waals surface area contributed by atoms with Crippen LogP contribution < -0.4 is 0 Å². The number of halogens is 3. The molecule has 0 saturated carbocycles. The number of hydrogen-bond donors (Lipinski definition) is 0. The molecule has 84 valence electrons. The highest BCUT2D eigenvalue weighted by atomic mass is 35.6. The molecule has 6 heteroatoms. The lowest BCUT2D eigenvalue weighted by Crippen LogP contribution is -2.18. The van der Waals surface area contributed by atoms with Gasteiger partial charge < -0.3 is 9.47 Å². The molecular formula is C8H13Cl3O3. The number of carbonyl (C=O) groups is 1. The number of alkyl halides is 3. The van der Waals surface area contributed by atoms with E-state index in [9.17, 15) is 4.79 Å². The molecule has 0 radical (unpaired) electrons. The van der Waals surface area contributed by atoms with E-state index in [4.69, 9.17) is 39.5 Å². The molecule has 0 aliphatic carbocycles. The van der Waals surface area contributed by atoms with Crippen LogP contribution in [-0.4, -0.2) is 23.2 Å². The summed E-state index contributed by atoms with van der Waals surface area (Å²) in [5, 5.41) is 0. The first kappa shape index (κ1) is 14.1. The van der Waals surface area contributed by atoms with Gasteiger partial charge in [-0.1, -0.05) is 54.6 Å². The molecule has 3 nitrogen and oxygen atoms in total. The summed E-state index contributed by atoms with van der Waals surface area (Å²) < 4.78 is 7.65. The van der Waals surface area contributed by atoms with Crippen LogP contribution in [0.5, 0.6) is 0 Å². The fourth-order valence-corrected chi connectivity index (χ4v) is 0.854. The molecule has 0 fully saturated rings. The largest absolute Gasteiger partial charge is 0.508 e. The Kier molecular flexibility index (Phi) is 7.51. The Morgan fingerprint density at radius 2 is 1.86 bits per heavy atom. The monoisotopic (exact) mass is 262 g/mol. The van der Waals surface area contributed by atoms with Crippen molar-refractivity contribution >= 4 is 41.0 Å². The average molecular weight is 264 g/mol. The Bertz CT molecular complexity index is 168. The Labute approximate surface area is 98.6 Å². The maximum absolute atomic E-state index is 10.8. The van der Waals surface area contributed by atoms with Crippen molar-refractivity contribution in [3.8, 4) is 0 Å². The summed E-state index contributed by atoms with van der Waals surface area (Å²) in [6, 6.07) is 0. The van der Waals surface area contributed by atoms with Crippen molar-refractivity contribution in [3.63, 3.8) is 0 Å². The van der Waals surface area contributed by atoms with Crippen LogP contribution in [0, 0.1) is 0 Å². The van der Waals surface area contributed by atoms with E-state index in [-0.39, 0.29) is 6.61 Å². The standard InChI is InChI=1S/C8H13Cl3O3/c1-2-3-4-5-13-7(12)14-6-8(9,10)11/h2-6H2,1H3. The quantitative estimate of drug-likeness (QED) is 0.431. The minimum atomic E-state index is -1.58. The van der Waals surface area contributed by atoms with Gasteiger partial charge in [-0.25, -0.2) is 4.79 Å². The SMILES string of the molecule is CCCCCOC(=O)OCC(Cl)(Cl)Cl. The molecule has 0 N–H and O–H groups in total. The lowest BCUT2D eigenvalue weighted by atomic mass is 10.3. The molecule has 0 aliphatic heterocycles. The lowest BCUT2D eigenvalue weighted by Gasteiger charge is -2.11. The van der Waals surface area contributed by atoms with E-state index < -0.39 is 9.95 Å². The van der Waals surface area contributed by atoms with Crippen molar-refractivity contribution in [3.05, 3.63) is 0 Å². The molecule has 0 atom stereocenters. The zero-order valence-electron chi connectivity index (χ0n) is 7.89. The smallest absolute Gasteiger partial charge is 0.434 e. The number of carbonyl (C=O) groups excluding carboxylic acids is 1. The van der Waals surface area contributed by atoms with Gasteiger partial charge in [0.05, 0.1) is 6.61 Å². The highest BCUT2D eigenvalue weighted by Gasteiger charge is 2.22. The predicted octanol–water partition coefficient (Wildman–Crippen LogP) is 3.70. The Morgan fingerprint density at radius 3 is 2.36 bits per heavy atom. The molecule has 0 bridgehead atoms. The van der Waals surface area contributed by atoms with E-state index in [2.05, 4.69) is 11.7 Å². The molecule has 0 aromatic rings. The van der Waals surface area contributed by atoms with Crippen molar-refractivity contribution in [2.75, 3.05) is 13.2 Å². The zero-order chi connectivity index (χ0) is 11.0. The second-order valence-electron chi connectivity index (χ2n) is 2.71. The van der Waals surface area contributed by atoms with Crippen LogP contribution in [0.2, 0.25) is 0 Å². The van der Waals surface area contributed by atoms with Gasteiger partial charge in [0.25, 0.3) is 0 Å². The third-order valence-corrected chi connectivity index (χ3v) is 1.65. The molecule has 0 rings (SSSR count). The summed E-state index contributed by atoms with van der Waals surface area (Å²) in [6.07, 6.45) is 2.09. The maximum atomic E-state index is 10.8. The van der Waals surface area contributed by atoms with Crippen LogP contribution in [0.1, 0.15) is 26.2 Å². The zero-order valence-corrected chi connectivity index (χ0v) is 10.2. The van der Waals surface area contributed by atoms with Crippen LogP contribution in [0.15, 0.2) is 0 Å². The second-order valence-corrected chi connectivity index (χ2v) is 5.23. The molecule has 0 heterocycles. The first-order chi connectivity index (χ1) is 6.45. The van der Waals surface area contributed by atoms with Crippen LogP contribution >= 0.6 is 34.8 Å². The molecule has 0 spiro atoms. The van der Waals surface area contributed by atoms with Crippen LogP contribution in [-0.2, 0) is 9.47 Å². The maximum Gasteiger partial charge on any atom is 0.508 e. The summed E-state index contributed by atoms with van der Waals surface area (Å²) in [4.78, 5) is 10.8. The van der Waals surface area contributed by atoms with E-state index in [1.807, 2.05) is 0 Å². The van der Waals surface area contributed by atoms with Gasteiger partial charge in [-0.3, -0.25) is 0 Å². The number of hydrogen-bond acceptors (Lipinski definition) is 3. The van der Waals surface area contributed by atoms with E-state index in [0.717, 1.165) is 19.3 Å². The summed E-state index contributed by atoms with van der Waals surface area (Å²) >= 11 is 16.1. The second kappa shape index (κ2) is 7.43. The van der Waals surface area contributed by atoms with Gasteiger partial charge in [0, 0.05) is 0 Å². The fraction of sp³-hybridized carbons (Fsp3) is 0.875. The first-order valence-corrected chi connectivity index (χ1v) is 5.45. The Balaban J connectivity index is 3.38. The van der Waals surface area contributed by atoms with Crippen LogP contribution in [0.4, 0.5) is 4.79 Å². The molecule has 14 heavy (non-hydrogen) atoms. The number of unbranched alkanes of at least 4 members (excludes halogenated alkanes) is 2. The van der Waals surface area contributed by atoms with E-state index in [0.29, 0.717) is 6.61 Å². The minimum Gasteiger partial charge on any atom is -0.434 e.